The first-order valence-corrected chi connectivity index (χ1v) is 8.39. The largest absolute Gasteiger partial charge is 0.492 e. The van der Waals surface area contributed by atoms with Crippen LogP contribution in [-0.4, -0.2) is 36.6 Å². The van der Waals surface area contributed by atoms with E-state index in [-0.39, 0.29) is 6.61 Å². The minimum atomic E-state index is -0.575. The van der Waals surface area contributed by atoms with Gasteiger partial charge in [0.05, 0.1) is 6.54 Å². The Hall–Kier alpha value is -2.99. The first-order valence-electron chi connectivity index (χ1n) is 8.02. The van der Waals surface area contributed by atoms with Crippen LogP contribution in [0.5, 0.6) is 5.75 Å². The molecule has 2 N–H and O–H groups in total. The van der Waals surface area contributed by atoms with E-state index in [0.29, 0.717) is 29.6 Å². The third-order valence-corrected chi connectivity index (χ3v) is 3.84. The van der Waals surface area contributed by atoms with E-state index in [0.717, 1.165) is 10.9 Å². The molecule has 0 atom stereocenters. The molecule has 7 heteroatoms. The lowest BCUT2D eigenvalue weighted by atomic mass is 10.2. The molecule has 2 aromatic carbocycles. The van der Waals surface area contributed by atoms with Gasteiger partial charge in [-0.25, -0.2) is 4.79 Å². The topological polar surface area (TPSA) is 80.4 Å². The van der Waals surface area contributed by atoms with Gasteiger partial charge in [0.2, 0.25) is 0 Å². The molecule has 3 rings (SSSR count). The second kappa shape index (κ2) is 8.40. The fourth-order valence-electron chi connectivity index (χ4n) is 2.33. The van der Waals surface area contributed by atoms with E-state index >= 15 is 0 Å². The number of H-pyrrole nitrogens is 1. The second-order valence-electron chi connectivity index (χ2n) is 5.50. The summed E-state index contributed by atoms with van der Waals surface area (Å²) in [6.07, 6.45) is 0. The van der Waals surface area contributed by atoms with Gasteiger partial charge in [-0.05, 0) is 36.4 Å². The number of fused-ring (bicyclic) bond motifs is 1. The molecule has 0 aliphatic carbocycles. The van der Waals surface area contributed by atoms with E-state index in [2.05, 4.69) is 10.3 Å². The number of halogens is 1. The fourth-order valence-corrected chi connectivity index (χ4v) is 2.46. The highest BCUT2D eigenvalue weighted by atomic mass is 35.5. The lowest BCUT2D eigenvalue weighted by Gasteiger charge is -2.08. The molecule has 0 radical (unpaired) electrons. The summed E-state index contributed by atoms with van der Waals surface area (Å²) in [6, 6.07) is 16.1. The molecule has 26 heavy (non-hydrogen) atoms. The normalized spacial score (nSPS) is 10.5. The minimum absolute atomic E-state index is 0.295. The Labute approximate surface area is 155 Å². The summed E-state index contributed by atoms with van der Waals surface area (Å²) in [6.45, 7) is 0.240. The number of hydrogen-bond donors (Lipinski definition) is 2. The van der Waals surface area contributed by atoms with E-state index in [1.54, 1.807) is 30.3 Å². The highest BCUT2D eigenvalue weighted by molar-refractivity contribution is 6.30. The Bertz CT molecular complexity index is 872. The summed E-state index contributed by atoms with van der Waals surface area (Å²) < 4.78 is 10.5. The molecule has 0 saturated heterocycles. The Morgan fingerprint density at radius 1 is 1.08 bits per heavy atom. The van der Waals surface area contributed by atoms with E-state index in [1.807, 2.05) is 24.3 Å². The van der Waals surface area contributed by atoms with Crippen molar-refractivity contribution in [2.45, 2.75) is 0 Å². The standard InChI is InChI=1S/C19H17ClN2O4/c20-14-5-7-15(8-6-14)25-10-9-21-18(23)12-26-19(24)17-11-13-3-1-2-4-16(13)22-17/h1-8,11,22H,9-10,12H2,(H,21,23). The number of ether oxygens (including phenoxy) is 2. The van der Waals surface area contributed by atoms with Crippen LogP contribution in [0.1, 0.15) is 10.5 Å². The van der Waals surface area contributed by atoms with Gasteiger partial charge < -0.3 is 19.8 Å². The van der Waals surface area contributed by atoms with E-state index < -0.39 is 11.9 Å². The molecule has 1 heterocycles. The molecule has 0 saturated carbocycles. The molecule has 0 unspecified atom stereocenters. The predicted octanol–water partition coefficient (Wildman–Crippen LogP) is 3.17. The third kappa shape index (κ3) is 4.77. The number of para-hydroxylation sites is 1. The smallest absolute Gasteiger partial charge is 0.355 e. The van der Waals surface area contributed by atoms with Crippen LogP contribution < -0.4 is 10.1 Å². The average Bonchev–Trinajstić information content (AvgIpc) is 3.09. The Morgan fingerprint density at radius 2 is 1.85 bits per heavy atom. The molecule has 1 aromatic heterocycles. The number of esters is 1. The van der Waals surface area contributed by atoms with E-state index in [9.17, 15) is 9.59 Å². The zero-order valence-electron chi connectivity index (χ0n) is 13.8. The van der Waals surface area contributed by atoms with Gasteiger partial charge in [-0.15, -0.1) is 0 Å². The number of rotatable bonds is 7. The number of aromatic nitrogens is 1. The maximum atomic E-state index is 12.0. The summed E-state index contributed by atoms with van der Waals surface area (Å²) in [5.41, 5.74) is 1.15. The second-order valence-corrected chi connectivity index (χ2v) is 5.94. The van der Waals surface area contributed by atoms with Crippen molar-refractivity contribution in [3.05, 3.63) is 65.3 Å². The van der Waals surface area contributed by atoms with Crippen LogP contribution in [0.4, 0.5) is 0 Å². The Kier molecular flexibility index (Phi) is 5.76. The van der Waals surface area contributed by atoms with Crippen molar-refractivity contribution < 1.29 is 19.1 Å². The van der Waals surface area contributed by atoms with Crippen molar-refractivity contribution in [1.29, 1.82) is 0 Å². The molecular formula is C19H17ClN2O4. The van der Waals surface area contributed by atoms with Crippen LogP contribution in [-0.2, 0) is 9.53 Å². The first-order chi connectivity index (χ1) is 12.6. The van der Waals surface area contributed by atoms with Crippen LogP contribution in [0, 0.1) is 0 Å². The quantitative estimate of drug-likeness (QED) is 0.493. The number of hydrogen-bond acceptors (Lipinski definition) is 4. The average molecular weight is 373 g/mol. The van der Waals surface area contributed by atoms with Gasteiger partial charge in [-0.3, -0.25) is 4.79 Å². The van der Waals surface area contributed by atoms with Gasteiger partial charge in [0.15, 0.2) is 6.61 Å². The molecule has 3 aromatic rings. The first kappa shape index (κ1) is 17.8. The number of benzene rings is 2. The van der Waals surface area contributed by atoms with Gasteiger partial charge >= 0.3 is 5.97 Å². The van der Waals surface area contributed by atoms with E-state index in [1.165, 1.54) is 0 Å². The Morgan fingerprint density at radius 3 is 2.62 bits per heavy atom. The number of carbonyl (C=O) groups is 2. The molecule has 0 aliphatic rings. The summed E-state index contributed by atoms with van der Waals surface area (Å²) in [4.78, 5) is 26.7. The van der Waals surface area contributed by atoms with Gasteiger partial charge in [-0.1, -0.05) is 29.8 Å². The molecule has 134 valence electrons. The number of amides is 1. The highest BCUT2D eigenvalue weighted by Gasteiger charge is 2.12. The highest BCUT2D eigenvalue weighted by Crippen LogP contribution is 2.16. The molecule has 0 bridgehead atoms. The fraction of sp³-hybridized carbons (Fsp3) is 0.158. The zero-order chi connectivity index (χ0) is 18.4. The van der Waals surface area contributed by atoms with Crippen molar-refractivity contribution in [2.24, 2.45) is 0 Å². The van der Waals surface area contributed by atoms with Gasteiger partial charge in [0, 0.05) is 15.9 Å². The zero-order valence-corrected chi connectivity index (χ0v) is 14.6. The maximum absolute atomic E-state index is 12.0. The summed E-state index contributed by atoms with van der Waals surface area (Å²) >= 11 is 5.79. The number of nitrogens with one attached hydrogen (secondary N) is 2. The number of carbonyl (C=O) groups excluding carboxylic acids is 2. The van der Waals surface area contributed by atoms with Crippen LogP contribution in [0.3, 0.4) is 0 Å². The van der Waals surface area contributed by atoms with Crippen LogP contribution in [0.15, 0.2) is 54.6 Å². The summed E-state index contributed by atoms with van der Waals surface area (Å²) in [5, 5.41) is 4.15. The monoisotopic (exact) mass is 372 g/mol. The molecule has 0 fully saturated rings. The summed E-state index contributed by atoms with van der Waals surface area (Å²) in [7, 11) is 0. The Balaban J connectivity index is 1.38. The van der Waals surface area contributed by atoms with Crippen molar-refractivity contribution in [2.75, 3.05) is 19.8 Å². The molecule has 0 spiro atoms. The minimum Gasteiger partial charge on any atom is -0.492 e. The molecule has 0 aliphatic heterocycles. The van der Waals surface area contributed by atoms with Crippen LogP contribution in [0.25, 0.3) is 10.9 Å². The lowest BCUT2D eigenvalue weighted by molar-refractivity contribution is -0.124. The summed E-state index contributed by atoms with van der Waals surface area (Å²) in [5.74, 6) is -0.309. The van der Waals surface area contributed by atoms with Crippen LogP contribution >= 0.6 is 11.6 Å². The maximum Gasteiger partial charge on any atom is 0.355 e. The van der Waals surface area contributed by atoms with E-state index in [4.69, 9.17) is 21.1 Å². The third-order valence-electron chi connectivity index (χ3n) is 3.59. The molecule has 6 nitrogen and oxygen atoms in total. The molecular weight excluding hydrogens is 356 g/mol. The molecule has 1 amide bonds. The lowest BCUT2D eigenvalue weighted by Crippen LogP contribution is -2.32. The van der Waals surface area contributed by atoms with Crippen molar-refractivity contribution >= 4 is 34.4 Å². The van der Waals surface area contributed by atoms with Crippen molar-refractivity contribution in [1.82, 2.24) is 10.3 Å². The van der Waals surface area contributed by atoms with Gasteiger partial charge in [0.1, 0.15) is 18.1 Å². The van der Waals surface area contributed by atoms with Gasteiger partial charge in [-0.2, -0.15) is 0 Å². The van der Waals surface area contributed by atoms with Crippen molar-refractivity contribution in [3.63, 3.8) is 0 Å². The van der Waals surface area contributed by atoms with Gasteiger partial charge in [0.25, 0.3) is 5.91 Å². The van der Waals surface area contributed by atoms with Crippen molar-refractivity contribution in [3.8, 4) is 5.75 Å². The SMILES string of the molecule is O=C(COC(=O)c1cc2ccccc2[nH]1)NCCOc1ccc(Cl)cc1. The predicted molar refractivity (Wildman–Crippen MR) is 98.5 cm³/mol. The number of aromatic amines is 1. The van der Waals surface area contributed by atoms with Crippen LogP contribution in [0.2, 0.25) is 5.02 Å².